The number of hydrogen-bond acceptors (Lipinski definition) is 6. The Balaban J connectivity index is 1.65. The van der Waals surface area contributed by atoms with Gasteiger partial charge in [-0.1, -0.05) is 29.8 Å². The molecule has 0 aliphatic carbocycles. The highest BCUT2D eigenvalue weighted by Gasteiger charge is 2.22. The first-order valence-corrected chi connectivity index (χ1v) is 10.0. The first kappa shape index (κ1) is 22.8. The molecule has 0 aliphatic heterocycles. The van der Waals surface area contributed by atoms with E-state index in [9.17, 15) is 18.8 Å². The molecule has 0 saturated carbocycles. The molecule has 0 bridgehead atoms. The summed E-state index contributed by atoms with van der Waals surface area (Å²) in [6, 6.07) is 15.2. The van der Waals surface area contributed by atoms with Gasteiger partial charge in [-0.05, 0) is 24.3 Å². The van der Waals surface area contributed by atoms with Crippen LogP contribution in [-0.4, -0.2) is 18.2 Å². The molecule has 1 heterocycles. The van der Waals surface area contributed by atoms with Crippen molar-refractivity contribution in [3.63, 3.8) is 0 Å². The number of fused-ring (bicyclic) bond motifs is 1. The van der Waals surface area contributed by atoms with Crippen molar-refractivity contribution in [2.45, 2.75) is 0 Å². The van der Waals surface area contributed by atoms with E-state index in [-0.39, 0.29) is 28.5 Å². The number of benzene rings is 3. The van der Waals surface area contributed by atoms with E-state index in [0.29, 0.717) is 10.9 Å². The van der Waals surface area contributed by atoms with Gasteiger partial charge in [0.15, 0.2) is 17.4 Å². The van der Waals surface area contributed by atoms with Crippen molar-refractivity contribution in [2.24, 2.45) is 0 Å². The summed E-state index contributed by atoms with van der Waals surface area (Å²) in [6.07, 6.45) is 0.384. The molecule has 10 heteroatoms. The molecule has 170 valence electrons. The summed E-state index contributed by atoms with van der Waals surface area (Å²) in [4.78, 5) is 16.2. The van der Waals surface area contributed by atoms with Gasteiger partial charge in [-0.3, -0.25) is 10.3 Å². The Kier molecular flexibility index (Phi) is 6.43. The molecule has 0 spiro atoms. The lowest BCUT2D eigenvalue weighted by atomic mass is 10.1. The average Bonchev–Trinajstić information content (AvgIpc) is 2.84. The number of nitrogens with one attached hydrogen (secondary N) is 1. The molecule has 1 aromatic heterocycles. The van der Waals surface area contributed by atoms with E-state index < -0.39 is 28.5 Å². The van der Waals surface area contributed by atoms with Gasteiger partial charge in [0.25, 0.3) is 0 Å². The Hall–Kier alpha value is -4.42. The lowest BCUT2D eigenvalue weighted by Crippen LogP contribution is -2.17. The molecule has 4 aromatic rings. The predicted molar refractivity (Wildman–Crippen MR) is 121 cm³/mol. The summed E-state index contributed by atoms with van der Waals surface area (Å²) in [5, 5.41) is 11.3. The molecule has 0 fully saturated rings. The maximum Gasteiger partial charge on any atom is 0.417 e. The van der Waals surface area contributed by atoms with Crippen LogP contribution < -0.4 is 19.5 Å². The van der Waals surface area contributed by atoms with Crippen LogP contribution in [0.2, 0.25) is 5.02 Å². The second-order valence-corrected chi connectivity index (χ2v) is 7.16. The number of pyridine rings is 1. The van der Waals surface area contributed by atoms with Gasteiger partial charge in [-0.2, -0.15) is 5.26 Å². The molecular weight excluding hydrogens is 468 g/mol. The Morgan fingerprint density at radius 3 is 2.59 bits per heavy atom. The van der Waals surface area contributed by atoms with Crippen molar-refractivity contribution < 1.29 is 27.8 Å². The normalized spacial score (nSPS) is 10.4. The first-order valence-electron chi connectivity index (χ1n) is 9.67. The number of halogens is 3. The highest BCUT2D eigenvalue weighted by Crippen LogP contribution is 2.39. The molecule has 1 N–H and O–H groups in total. The van der Waals surface area contributed by atoms with Crippen LogP contribution >= 0.6 is 11.6 Å². The SMILES string of the molecule is COc1cc2nccc(Oc3c(F)cc(NC(=O)Oc4ccccc4)c(Cl)c3F)c2cc1C#N. The van der Waals surface area contributed by atoms with Crippen LogP contribution in [-0.2, 0) is 0 Å². The molecule has 1 amide bonds. The molecule has 0 aliphatic rings. The Bertz CT molecular complexity index is 1440. The lowest BCUT2D eigenvalue weighted by Gasteiger charge is -2.14. The van der Waals surface area contributed by atoms with Crippen molar-refractivity contribution in [1.82, 2.24) is 4.98 Å². The molecular formula is C24H14ClF2N3O4. The van der Waals surface area contributed by atoms with Crippen molar-refractivity contribution in [2.75, 3.05) is 12.4 Å². The minimum atomic E-state index is -1.24. The van der Waals surface area contributed by atoms with Gasteiger partial charge in [0.2, 0.25) is 0 Å². The number of nitrogens with zero attached hydrogens (tertiary/aromatic N) is 2. The van der Waals surface area contributed by atoms with Crippen LogP contribution in [0.3, 0.4) is 0 Å². The van der Waals surface area contributed by atoms with E-state index in [1.54, 1.807) is 18.2 Å². The number of nitriles is 1. The number of rotatable bonds is 5. The highest BCUT2D eigenvalue weighted by atomic mass is 35.5. The van der Waals surface area contributed by atoms with Crippen LogP contribution in [0.25, 0.3) is 10.9 Å². The number of anilines is 1. The second-order valence-electron chi connectivity index (χ2n) is 6.78. The van der Waals surface area contributed by atoms with Gasteiger partial charge in [0.1, 0.15) is 28.3 Å². The summed E-state index contributed by atoms with van der Waals surface area (Å²) in [7, 11) is 1.40. The summed E-state index contributed by atoms with van der Waals surface area (Å²) >= 11 is 6.03. The monoisotopic (exact) mass is 481 g/mol. The lowest BCUT2D eigenvalue weighted by molar-refractivity contribution is 0.215. The molecule has 4 rings (SSSR count). The largest absolute Gasteiger partial charge is 0.495 e. The minimum absolute atomic E-state index is 0.0298. The number of hydrogen-bond donors (Lipinski definition) is 1. The second kappa shape index (κ2) is 9.60. The minimum Gasteiger partial charge on any atom is -0.495 e. The first-order chi connectivity index (χ1) is 16.4. The third kappa shape index (κ3) is 4.53. The quantitative estimate of drug-likeness (QED) is 0.329. The summed E-state index contributed by atoms with van der Waals surface area (Å²) in [5.41, 5.74) is 0.214. The zero-order chi connectivity index (χ0) is 24.2. The van der Waals surface area contributed by atoms with Crippen LogP contribution in [0.1, 0.15) is 5.56 Å². The summed E-state index contributed by atoms with van der Waals surface area (Å²) < 4.78 is 45.5. The smallest absolute Gasteiger partial charge is 0.417 e. The van der Waals surface area contributed by atoms with E-state index in [1.165, 1.54) is 43.6 Å². The van der Waals surface area contributed by atoms with Gasteiger partial charge in [-0.25, -0.2) is 13.6 Å². The maximum absolute atomic E-state index is 15.0. The average molecular weight is 482 g/mol. The number of methoxy groups -OCH3 is 1. The summed E-state index contributed by atoms with van der Waals surface area (Å²) in [6.45, 7) is 0. The van der Waals surface area contributed by atoms with Crippen LogP contribution in [0, 0.1) is 23.0 Å². The van der Waals surface area contributed by atoms with Crippen molar-refractivity contribution in [3.8, 4) is 29.1 Å². The van der Waals surface area contributed by atoms with E-state index in [2.05, 4.69) is 10.3 Å². The molecule has 0 saturated heterocycles. The number of carbonyl (C=O) groups is 1. The Labute approximate surface area is 197 Å². The van der Waals surface area contributed by atoms with Gasteiger partial charge in [-0.15, -0.1) is 0 Å². The maximum atomic E-state index is 15.0. The van der Waals surface area contributed by atoms with E-state index in [0.717, 1.165) is 6.07 Å². The third-order valence-corrected chi connectivity index (χ3v) is 5.03. The zero-order valence-corrected chi connectivity index (χ0v) is 18.2. The standard InChI is InChI=1S/C24H14ClF2N3O4/c1-32-20-11-17-15(9-13(20)12-28)19(7-8-29-17)34-23-16(26)10-18(21(25)22(23)27)30-24(31)33-14-5-3-2-4-6-14/h2-11H,1H3,(H,30,31). The van der Waals surface area contributed by atoms with E-state index in [1.807, 2.05) is 6.07 Å². The molecule has 0 unspecified atom stereocenters. The van der Waals surface area contributed by atoms with Crippen molar-refractivity contribution in [3.05, 3.63) is 83.0 Å². The van der Waals surface area contributed by atoms with Crippen molar-refractivity contribution in [1.29, 1.82) is 5.26 Å². The van der Waals surface area contributed by atoms with Gasteiger partial charge in [0.05, 0.1) is 23.9 Å². The molecule has 34 heavy (non-hydrogen) atoms. The highest BCUT2D eigenvalue weighted by molar-refractivity contribution is 6.34. The van der Waals surface area contributed by atoms with Gasteiger partial charge in [0, 0.05) is 23.7 Å². The number of amides is 1. The number of aromatic nitrogens is 1. The number of ether oxygens (including phenoxy) is 3. The van der Waals surface area contributed by atoms with Crippen LogP contribution in [0.4, 0.5) is 19.3 Å². The Morgan fingerprint density at radius 2 is 1.88 bits per heavy atom. The van der Waals surface area contributed by atoms with E-state index >= 15 is 0 Å². The number of carbonyl (C=O) groups excluding carboxylic acids is 1. The topological polar surface area (TPSA) is 93.5 Å². The fourth-order valence-electron chi connectivity index (χ4n) is 3.10. The molecule has 0 radical (unpaired) electrons. The third-order valence-electron chi connectivity index (χ3n) is 4.66. The molecule has 0 atom stereocenters. The van der Waals surface area contributed by atoms with E-state index in [4.69, 9.17) is 25.8 Å². The van der Waals surface area contributed by atoms with Crippen LogP contribution in [0.15, 0.2) is 60.8 Å². The molecule has 7 nitrogen and oxygen atoms in total. The van der Waals surface area contributed by atoms with Gasteiger partial charge < -0.3 is 14.2 Å². The zero-order valence-electron chi connectivity index (χ0n) is 17.4. The molecule has 3 aromatic carbocycles. The fraction of sp³-hybridized carbons (Fsp3) is 0.0417. The fourth-order valence-corrected chi connectivity index (χ4v) is 3.29. The summed E-state index contributed by atoms with van der Waals surface area (Å²) in [5.74, 6) is -2.62. The van der Waals surface area contributed by atoms with Crippen LogP contribution in [0.5, 0.6) is 23.0 Å². The predicted octanol–water partition coefficient (Wildman–Crippen LogP) is 6.45. The van der Waals surface area contributed by atoms with Crippen molar-refractivity contribution >= 4 is 34.3 Å². The van der Waals surface area contributed by atoms with Gasteiger partial charge >= 0.3 is 6.09 Å². The number of para-hydroxylation sites is 1. The Morgan fingerprint density at radius 1 is 1.12 bits per heavy atom.